The minimum Gasteiger partial charge on any atom is -0.391 e. The second kappa shape index (κ2) is 11.0. The van der Waals surface area contributed by atoms with E-state index in [0.717, 1.165) is 21.7 Å². The van der Waals surface area contributed by atoms with Crippen molar-refractivity contribution < 1.29 is 19.8 Å². The van der Waals surface area contributed by atoms with E-state index in [-0.39, 0.29) is 30.8 Å². The highest BCUT2D eigenvalue weighted by Crippen LogP contribution is 2.29. The molecule has 4 N–H and O–H groups in total. The van der Waals surface area contributed by atoms with E-state index in [1.54, 1.807) is 33.9 Å². The highest BCUT2D eigenvalue weighted by molar-refractivity contribution is 14.1. The molecule has 8 nitrogen and oxygen atoms in total. The Labute approximate surface area is 218 Å². The lowest BCUT2D eigenvalue weighted by Crippen LogP contribution is -2.57. The molecular weight excluding hydrogens is 567 g/mol. The van der Waals surface area contributed by atoms with Crippen LogP contribution in [0.1, 0.15) is 51.4 Å². The van der Waals surface area contributed by atoms with Gasteiger partial charge in [0.1, 0.15) is 6.04 Å². The molecule has 1 aromatic heterocycles. The number of carbonyl (C=O) groups is 2. The number of likely N-dealkylation sites (tertiary alicyclic amines) is 1. The number of carbonyl (C=O) groups excluding carboxylic acids is 2. The minimum absolute atomic E-state index is 0.0831. The van der Waals surface area contributed by atoms with Crippen molar-refractivity contribution in [2.24, 2.45) is 5.41 Å². The third kappa shape index (κ3) is 6.34. The predicted molar refractivity (Wildman–Crippen MR) is 141 cm³/mol. The molecule has 186 valence electrons. The fourth-order valence-corrected chi connectivity index (χ4v) is 5.37. The van der Waals surface area contributed by atoms with Crippen molar-refractivity contribution in [3.63, 3.8) is 0 Å². The summed E-state index contributed by atoms with van der Waals surface area (Å²) < 4.78 is -0.915. The van der Waals surface area contributed by atoms with E-state index in [9.17, 15) is 19.8 Å². The molecule has 0 aliphatic carbocycles. The molecule has 1 aromatic carbocycles. The Kier molecular flexibility index (Phi) is 8.72. The number of halogens is 1. The number of benzene rings is 1. The number of aliphatic hydroxyl groups excluding tert-OH is 2. The van der Waals surface area contributed by atoms with Gasteiger partial charge < -0.3 is 20.4 Å². The highest BCUT2D eigenvalue weighted by Gasteiger charge is 2.44. The molecule has 10 heteroatoms. The van der Waals surface area contributed by atoms with Gasteiger partial charge in [0.05, 0.1) is 34.3 Å². The van der Waals surface area contributed by atoms with Gasteiger partial charge in [-0.25, -0.2) is 4.98 Å². The Morgan fingerprint density at radius 1 is 1.26 bits per heavy atom. The molecule has 1 fully saturated rings. The zero-order chi connectivity index (χ0) is 25.2. The first-order valence-electron chi connectivity index (χ1n) is 11.3. The van der Waals surface area contributed by atoms with Crippen LogP contribution >= 0.6 is 33.9 Å². The Bertz CT molecular complexity index is 1010. The number of amides is 2. The summed E-state index contributed by atoms with van der Waals surface area (Å²) in [6, 6.07) is 6.24. The number of rotatable bonds is 7. The van der Waals surface area contributed by atoms with E-state index in [1.807, 2.05) is 64.4 Å². The third-order valence-corrected chi connectivity index (χ3v) is 7.40. The third-order valence-electron chi connectivity index (χ3n) is 6.06. The smallest absolute Gasteiger partial charge is 0.243 e. The van der Waals surface area contributed by atoms with E-state index >= 15 is 0 Å². The highest BCUT2D eigenvalue weighted by atomic mass is 127. The van der Waals surface area contributed by atoms with Gasteiger partial charge in [0.25, 0.3) is 0 Å². The number of aryl methyl sites for hydroxylation is 1. The SMILES string of the molecule is Cc1ncsc1-c1ccc(C(C)NC(=O)C2CC(O)CN2C(=O)C(NC(O)I)C(C)(C)C)cc1. The molecular formula is C24H33IN4O4S. The first-order chi connectivity index (χ1) is 15.9. The van der Waals surface area contributed by atoms with Gasteiger partial charge in [-0.2, -0.15) is 0 Å². The molecule has 3 rings (SSSR count). The van der Waals surface area contributed by atoms with Crippen LogP contribution in [-0.2, 0) is 9.59 Å². The van der Waals surface area contributed by atoms with E-state index in [4.69, 9.17) is 0 Å². The maximum atomic E-state index is 13.4. The maximum absolute atomic E-state index is 13.4. The van der Waals surface area contributed by atoms with Gasteiger partial charge in [-0.15, -0.1) is 11.3 Å². The van der Waals surface area contributed by atoms with Crippen molar-refractivity contribution >= 4 is 45.7 Å². The molecule has 1 aliphatic rings. The van der Waals surface area contributed by atoms with E-state index < -0.39 is 27.8 Å². The fourth-order valence-electron chi connectivity index (χ4n) is 4.20. The summed E-state index contributed by atoms with van der Waals surface area (Å²) in [5, 5.41) is 26.0. The number of nitrogens with one attached hydrogen (secondary N) is 2. The maximum Gasteiger partial charge on any atom is 0.243 e. The number of aromatic nitrogens is 1. The molecule has 5 atom stereocenters. The van der Waals surface area contributed by atoms with Gasteiger partial charge in [-0.05, 0) is 53.0 Å². The van der Waals surface area contributed by atoms with Crippen molar-refractivity contribution in [2.45, 2.75) is 69.5 Å². The molecule has 1 aliphatic heterocycles. The molecule has 0 bridgehead atoms. The fraction of sp³-hybridized carbons (Fsp3) is 0.542. The summed E-state index contributed by atoms with van der Waals surface area (Å²) in [5.41, 5.74) is 4.34. The number of thiazole rings is 1. The number of aliphatic hydroxyl groups is 2. The first kappa shape index (κ1) is 27.0. The van der Waals surface area contributed by atoms with Crippen LogP contribution in [0.25, 0.3) is 10.4 Å². The largest absolute Gasteiger partial charge is 0.391 e. The molecule has 34 heavy (non-hydrogen) atoms. The van der Waals surface area contributed by atoms with Gasteiger partial charge in [0.2, 0.25) is 11.8 Å². The molecule has 5 unspecified atom stereocenters. The number of alkyl halides is 1. The van der Waals surface area contributed by atoms with Crippen molar-refractivity contribution in [3.05, 3.63) is 41.0 Å². The quantitative estimate of drug-likeness (QED) is 0.168. The summed E-state index contributed by atoms with van der Waals surface area (Å²) in [7, 11) is 0. The summed E-state index contributed by atoms with van der Waals surface area (Å²) in [6.07, 6.45) is -0.598. The average Bonchev–Trinajstić information content (AvgIpc) is 3.36. The van der Waals surface area contributed by atoms with E-state index in [2.05, 4.69) is 15.6 Å². The van der Waals surface area contributed by atoms with Crippen LogP contribution in [-0.4, -0.2) is 60.9 Å². The molecule has 2 heterocycles. The van der Waals surface area contributed by atoms with Crippen LogP contribution in [0.2, 0.25) is 0 Å². The van der Waals surface area contributed by atoms with E-state index in [1.165, 1.54) is 4.90 Å². The monoisotopic (exact) mass is 600 g/mol. The molecule has 2 amide bonds. The second-order valence-corrected chi connectivity index (χ2v) is 11.9. The average molecular weight is 601 g/mol. The van der Waals surface area contributed by atoms with Gasteiger partial charge in [0, 0.05) is 13.0 Å². The zero-order valence-electron chi connectivity index (χ0n) is 20.1. The summed E-state index contributed by atoms with van der Waals surface area (Å²) in [4.78, 5) is 33.4. The summed E-state index contributed by atoms with van der Waals surface area (Å²) in [6.45, 7) is 9.63. The van der Waals surface area contributed by atoms with Crippen molar-refractivity contribution in [3.8, 4) is 10.4 Å². The van der Waals surface area contributed by atoms with Crippen molar-refractivity contribution in [1.29, 1.82) is 0 Å². The Morgan fingerprint density at radius 2 is 1.91 bits per heavy atom. The van der Waals surface area contributed by atoms with Crippen LogP contribution in [0.3, 0.4) is 0 Å². The lowest BCUT2D eigenvalue weighted by molar-refractivity contribution is -0.143. The van der Waals surface area contributed by atoms with Crippen LogP contribution < -0.4 is 10.6 Å². The molecule has 0 spiro atoms. The molecule has 0 radical (unpaired) electrons. The van der Waals surface area contributed by atoms with Crippen LogP contribution in [0, 0.1) is 12.3 Å². The van der Waals surface area contributed by atoms with Crippen LogP contribution in [0.5, 0.6) is 0 Å². The number of hydrogen-bond acceptors (Lipinski definition) is 7. The van der Waals surface area contributed by atoms with Crippen LogP contribution in [0.15, 0.2) is 29.8 Å². The Morgan fingerprint density at radius 3 is 2.44 bits per heavy atom. The van der Waals surface area contributed by atoms with Gasteiger partial charge in [0.15, 0.2) is 4.23 Å². The van der Waals surface area contributed by atoms with Crippen LogP contribution in [0.4, 0.5) is 0 Å². The zero-order valence-corrected chi connectivity index (χ0v) is 23.1. The van der Waals surface area contributed by atoms with Gasteiger partial charge >= 0.3 is 0 Å². The van der Waals surface area contributed by atoms with Gasteiger partial charge in [-0.3, -0.25) is 14.9 Å². The number of hydrogen-bond donors (Lipinski definition) is 4. The number of nitrogens with zero attached hydrogens (tertiary/aromatic N) is 2. The standard InChI is InChI=1S/C24H33IN4O4S/c1-13(15-6-8-16(9-7-15)19-14(2)26-12-34-19)27-21(31)18-10-17(30)11-29(18)22(32)20(24(3,4)5)28-23(25)33/h6-9,12-13,17-18,20,23,28,30,33H,10-11H2,1-5H3,(H,27,31). The molecule has 2 aromatic rings. The van der Waals surface area contributed by atoms with Crippen molar-refractivity contribution in [1.82, 2.24) is 20.5 Å². The molecule has 1 saturated heterocycles. The number of β-amino-alcohol motifs (C(OH)–C–C–N with tert-alkyl or cyclic N) is 1. The van der Waals surface area contributed by atoms with E-state index in [0.29, 0.717) is 0 Å². The molecule has 0 saturated carbocycles. The lowest BCUT2D eigenvalue weighted by atomic mass is 9.85. The Hall–Kier alpha value is -1.60. The first-order valence-corrected chi connectivity index (χ1v) is 13.4. The minimum atomic E-state index is -0.915. The van der Waals surface area contributed by atoms with Gasteiger partial charge in [-0.1, -0.05) is 45.0 Å². The summed E-state index contributed by atoms with van der Waals surface area (Å²) >= 11 is 3.38. The topological polar surface area (TPSA) is 115 Å². The Balaban J connectivity index is 1.72. The normalized spacial score (nSPS) is 21.2. The predicted octanol–water partition coefficient (Wildman–Crippen LogP) is 2.97. The second-order valence-electron chi connectivity index (χ2n) is 9.82. The summed E-state index contributed by atoms with van der Waals surface area (Å²) in [5.74, 6) is -0.612. The lowest BCUT2D eigenvalue weighted by Gasteiger charge is -2.36. The van der Waals surface area contributed by atoms with Crippen molar-refractivity contribution in [2.75, 3.05) is 6.54 Å².